The molecule has 0 aromatic rings. The Labute approximate surface area is 103 Å². The van der Waals surface area contributed by atoms with Gasteiger partial charge in [0.2, 0.25) is 5.91 Å². The molecular formula is C14H23NO2. The van der Waals surface area contributed by atoms with Crippen molar-refractivity contribution in [1.82, 2.24) is 4.90 Å². The minimum Gasteiger partial charge on any atom is -0.391 e. The van der Waals surface area contributed by atoms with Gasteiger partial charge in [-0.25, -0.2) is 0 Å². The van der Waals surface area contributed by atoms with Crippen molar-refractivity contribution in [3.8, 4) is 0 Å². The second-order valence-corrected chi connectivity index (χ2v) is 6.15. The number of aliphatic hydroxyl groups excluding tert-OH is 1. The van der Waals surface area contributed by atoms with Gasteiger partial charge in [0.05, 0.1) is 12.1 Å². The van der Waals surface area contributed by atoms with E-state index in [9.17, 15) is 9.90 Å². The van der Waals surface area contributed by atoms with Crippen molar-refractivity contribution in [2.75, 3.05) is 7.05 Å². The van der Waals surface area contributed by atoms with E-state index in [0.717, 1.165) is 25.7 Å². The Kier molecular flexibility index (Phi) is 2.89. The quantitative estimate of drug-likeness (QED) is 0.795. The molecule has 3 aliphatic rings. The maximum Gasteiger partial charge on any atom is 0.226 e. The summed E-state index contributed by atoms with van der Waals surface area (Å²) in [6.45, 7) is 0. The third-order valence-corrected chi connectivity index (χ3v) is 5.23. The Balaban J connectivity index is 1.61. The first-order chi connectivity index (χ1) is 8.20. The molecule has 1 N–H and O–H groups in total. The summed E-state index contributed by atoms with van der Waals surface area (Å²) < 4.78 is 0. The zero-order valence-corrected chi connectivity index (χ0v) is 10.6. The minimum atomic E-state index is -0.295. The first-order valence-electron chi connectivity index (χ1n) is 7.15. The number of likely N-dealkylation sites (N-methyl/N-ethyl adjacent to an activating group) is 1. The summed E-state index contributed by atoms with van der Waals surface area (Å²) in [5.74, 6) is 1.99. The highest BCUT2D eigenvalue weighted by atomic mass is 16.3. The lowest BCUT2D eigenvalue weighted by Gasteiger charge is -2.35. The van der Waals surface area contributed by atoms with Gasteiger partial charge in [0.25, 0.3) is 0 Å². The van der Waals surface area contributed by atoms with Crippen molar-refractivity contribution in [1.29, 1.82) is 0 Å². The highest BCUT2D eigenvalue weighted by Gasteiger charge is 2.57. The lowest BCUT2D eigenvalue weighted by atomic mass is 9.91. The van der Waals surface area contributed by atoms with Crippen LogP contribution in [0, 0.1) is 17.8 Å². The van der Waals surface area contributed by atoms with E-state index in [1.165, 1.54) is 19.3 Å². The Morgan fingerprint density at radius 1 is 1.06 bits per heavy atom. The summed E-state index contributed by atoms with van der Waals surface area (Å²) in [6.07, 6.45) is 7.62. The number of hydrogen-bond donors (Lipinski definition) is 1. The first kappa shape index (κ1) is 11.5. The van der Waals surface area contributed by atoms with Gasteiger partial charge in [-0.15, -0.1) is 0 Å². The molecule has 0 bridgehead atoms. The summed E-state index contributed by atoms with van der Waals surface area (Å²) >= 11 is 0. The van der Waals surface area contributed by atoms with Gasteiger partial charge in [0.15, 0.2) is 0 Å². The van der Waals surface area contributed by atoms with E-state index >= 15 is 0 Å². The van der Waals surface area contributed by atoms with Crippen LogP contribution in [-0.4, -0.2) is 35.1 Å². The predicted molar refractivity (Wildman–Crippen MR) is 65.4 cm³/mol. The van der Waals surface area contributed by atoms with Crippen molar-refractivity contribution in [3.05, 3.63) is 0 Å². The standard InChI is InChI=1S/C14H23NO2/c1-15(11-7-2-3-8-12(11)16)14(17)13-9-5-4-6-10(9)13/h9-13,16H,2-8H2,1H3. The van der Waals surface area contributed by atoms with E-state index in [1.54, 1.807) is 0 Å². The van der Waals surface area contributed by atoms with Crippen LogP contribution in [0.3, 0.4) is 0 Å². The van der Waals surface area contributed by atoms with Crippen molar-refractivity contribution >= 4 is 5.91 Å². The van der Waals surface area contributed by atoms with Crippen molar-refractivity contribution in [2.24, 2.45) is 17.8 Å². The molecule has 4 atom stereocenters. The van der Waals surface area contributed by atoms with Gasteiger partial charge in [-0.1, -0.05) is 19.3 Å². The second-order valence-electron chi connectivity index (χ2n) is 6.15. The fraction of sp³-hybridized carbons (Fsp3) is 0.929. The molecular weight excluding hydrogens is 214 g/mol. The van der Waals surface area contributed by atoms with Crippen LogP contribution in [0.2, 0.25) is 0 Å². The lowest BCUT2D eigenvalue weighted by molar-refractivity contribution is -0.137. The van der Waals surface area contributed by atoms with Crippen LogP contribution in [0.5, 0.6) is 0 Å². The number of carbonyl (C=O) groups is 1. The number of rotatable bonds is 2. The molecule has 4 unspecified atom stereocenters. The van der Waals surface area contributed by atoms with Crippen molar-refractivity contribution in [2.45, 2.75) is 57.1 Å². The van der Waals surface area contributed by atoms with E-state index in [4.69, 9.17) is 0 Å². The average Bonchev–Trinajstić information content (AvgIpc) is 2.81. The molecule has 3 fully saturated rings. The van der Waals surface area contributed by atoms with Crippen LogP contribution in [-0.2, 0) is 4.79 Å². The van der Waals surface area contributed by atoms with Crippen molar-refractivity contribution < 1.29 is 9.90 Å². The SMILES string of the molecule is CN(C(=O)C1C2CCCC21)C1CCCCC1O. The molecule has 3 heteroatoms. The number of hydrogen-bond acceptors (Lipinski definition) is 2. The number of fused-ring (bicyclic) bond motifs is 1. The van der Waals surface area contributed by atoms with Gasteiger partial charge in [-0.2, -0.15) is 0 Å². The highest BCUT2D eigenvalue weighted by Crippen LogP contribution is 2.58. The van der Waals surface area contributed by atoms with Crippen LogP contribution < -0.4 is 0 Å². The maximum absolute atomic E-state index is 12.4. The molecule has 0 aromatic heterocycles. The lowest BCUT2D eigenvalue weighted by Crippen LogP contribution is -2.47. The minimum absolute atomic E-state index is 0.0811. The van der Waals surface area contributed by atoms with E-state index in [1.807, 2.05) is 11.9 Å². The molecule has 0 heterocycles. The average molecular weight is 237 g/mol. The topological polar surface area (TPSA) is 40.5 Å². The van der Waals surface area contributed by atoms with Gasteiger partial charge < -0.3 is 10.0 Å². The fourth-order valence-electron chi connectivity index (χ4n) is 4.13. The van der Waals surface area contributed by atoms with Gasteiger partial charge in [0.1, 0.15) is 0 Å². The van der Waals surface area contributed by atoms with Crippen LogP contribution >= 0.6 is 0 Å². The van der Waals surface area contributed by atoms with Crippen molar-refractivity contribution in [3.63, 3.8) is 0 Å². The zero-order chi connectivity index (χ0) is 12.0. The van der Waals surface area contributed by atoms with Crippen LogP contribution in [0.1, 0.15) is 44.9 Å². The van der Waals surface area contributed by atoms with E-state index < -0.39 is 0 Å². The molecule has 0 aromatic carbocycles. The van der Waals surface area contributed by atoms with Crippen LogP contribution in [0.4, 0.5) is 0 Å². The Bertz CT molecular complexity index is 307. The molecule has 96 valence electrons. The second kappa shape index (κ2) is 4.27. The monoisotopic (exact) mass is 237 g/mol. The molecule has 0 saturated heterocycles. The maximum atomic E-state index is 12.4. The molecule has 1 amide bonds. The van der Waals surface area contributed by atoms with Gasteiger partial charge in [-0.05, 0) is 37.5 Å². The third-order valence-electron chi connectivity index (χ3n) is 5.23. The number of aliphatic hydroxyl groups is 1. The smallest absolute Gasteiger partial charge is 0.226 e. The van der Waals surface area contributed by atoms with E-state index in [-0.39, 0.29) is 12.1 Å². The summed E-state index contributed by atoms with van der Waals surface area (Å²) in [7, 11) is 1.90. The zero-order valence-electron chi connectivity index (χ0n) is 10.6. The third kappa shape index (κ3) is 1.88. The number of amides is 1. The molecule has 3 nitrogen and oxygen atoms in total. The molecule has 0 spiro atoms. The normalized spacial score (nSPS) is 44.2. The molecule has 17 heavy (non-hydrogen) atoms. The number of carbonyl (C=O) groups excluding carboxylic acids is 1. The highest BCUT2D eigenvalue weighted by molar-refractivity contribution is 5.82. The fourth-order valence-corrected chi connectivity index (χ4v) is 4.13. The van der Waals surface area contributed by atoms with Crippen LogP contribution in [0.25, 0.3) is 0 Å². The largest absolute Gasteiger partial charge is 0.391 e. The van der Waals surface area contributed by atoms with Crippen LogP contribution in [0.15, 0.2) is 0 Å². The molecule has 0 aliphatic heterocycles. The molecule has 0 radical (unpaired) electrons. The summed E-state index contributed by atoms with van der Waals surface area (Å²) in [5, 5.41) is 10.00. The first-order valence-corrected chi connectivity index (χ1v) is 7.15. The van der Waals surface area contributed by atoms with Gasteiger partial charge in [-0.3, -0.25) is 4.79 Å². The Morgan fingerprint density at radius 3 is 2.35 bits per heavy atom. The summed E-state index contributed by atoms with van der Waals surface area (Å²) in [4.78, 5) is 14.2. The Morgan fingerprint density at radius 2 is 1.71 bits per heavy atom. The molecule has 3 aliphatic carbocycles. The molecule has 3 saturated carbocycles. The Hall–Kier alpha value is -0.570. The number of nitrogens with zero attached hydrogens (tertiary/aromatic N) is 1. The predicted octanol–water partition coefficient (Wildman–Crippen LogP) is 1.79. The summed E-state index contributed by atoms with van der Waals surface area (Å²) in [6, 6.07) is 0.0811. The van der Waals surface area contributed by atoms with E-state index in [2.05, 4.69) is 0 Å². The molecule has 3 rings (SSSR count). The van der Waals surface area contributed by atoms with Gasteiger partial charge >= 0.3 is 0 Å². The van der Waals surface area contributed by atoms with E-state index in [0.29, 0.717) is 23.7 Å². The summed E-state index contributed by atoms with van der Waals surface area (Å²) in [5.41, 5.74) is 0. The van der Waals surface area contributed by atoms with Gasteiger partial charge in [0, 0.05) is 13.0 Å².